The zero-order chi connectivity index (χ0) is 23.5. The minimum Gasteiger partial charge on any atom is -0.493 e. The zero-order valence-electron chi connectivity index (χ0n) is 18.3. The molecule has 0 fully saturated rings. The van der Waals surface area contributed by atoms with Crippen molar-refractivity contribution in [1.82, 2.24) is 9.78 Å². The van der Waals surface area contributed by atoms with Gasteiger partial charge in [0.05, 0.1) is 38.5 Å². The summed E-state index contributed by atoms with van der Waals surface area (Å²) in [6.45, 7) is 0.202. The molecule has 1 aliphatic rings. The van der Waals surface area contributed by atoms with Crippen molar-refractivity contribution in [3.05, 3.63) is 54.0 Å². The first kappa shape index (κ1) is 22.3. The maximum Gasteiger partial charge on any atom is 0.251 e. The van der Waals surface area contributed by atoms with Gasteiger partial charge in [0.15, 0.2) is 11.5 Å². The first-order valence-corrected chi connectivity index (χ1v) is 10.1. The molecule has 1 aromatic heterocycles. The minimum absolute atomic E-state index is 0.143. The number of amides is 2. The van der Waals surface area contributed by atoms with Crippen LogP contribution in [0.25, 0.3) is 11.1 Å². The number of methoxy groups -OCH3 is 3. The topological polar surface area (TPSA) is 104 Å². The van der Waals surface area contributed by atoms with Gasteiger partial charge in [-0.2, -0.15) is 5.10 Å². The van der Waals surface area contributed by atoms with Crippen molar-refractivity contribution < 1.29 is 28.2 Å². The Hall–Kier alpha value is -3.92. The summed E-state index contributed by atoms with van der Waals surface area (Å²) in [4.78, 5) is 25.3. The molecule has 2 heterocycles. The van der Waals surface area contributed by atoms with Crippen LogP contribution in [0.15, 0.2) is 42.5 Å². The van der Waals surface area contributed by atoms with Gasteiger partial charge in [0.1, 0.15) is 17.7 Å². The third-order valence-corrected chi connectivity index (χ3v) is 5.28. The van der Waals surface area contributed by atoms with E-state index >= 15 is 0 Å². The Labute approximate surface area is 189 Å². The molecular formula is C23H23FN4O5. The Morgan fingerprint density at radius 2 is 1.85 bits per heavy atom. The summed E-state index contributed by atoms with van der Waals surface area (Å²) in [5.41, 5.74) is 2.46. The van der Waals surface area contributed by atoms with Crippen molar-refractivity contribution in [3.63, 3.8) is 0 Å². The van der Waals surface area contributed by atoms with Crippen molar-refractivity contribution in [2.24, 2.45) is 0 Å². The molecule has 1 aliphatic heterocycles. The standard InChI is InChI=1S/C23H23FN4O5/c1-31-12-16-21(13-4-9-18(32-2)19(10-13)33-3)22-26-23(30)17(28(22)27-16)11-20(29)25-15-7-5-14(24)6-8-15/h4-10,17H,11-12H2,1-3H3,(H,25,29)(H,26,30). The number of nitrogens with zero attached hydrogens (tertiary/aromatic N) is 2. The molecule has 10 heteroatoms. The van der Waals surface area contributed by atoms with Crippen molar-refractivity contribution >= 4 is 23.3 Å². The smallest absolute Gasteiger partial charge is 0.251 e. The van der Waals surface area contributed by atoms with E-state index in [1.807, 2.05) is 6.07 Å². The van der Waals surface area contributed by atoms with Gasteiger partial charge in [-0.05, 0) is 42.0 Å². The summed E-state index contributed by atoms with van der Waals surface area (Å²) < 4.78 is 30.6. The van der Waals surface area contributed by atoms with Gasteiger partial charge in [-0.3, -0.25) is 9.59 Å². The van der Waals surface area contributed by atoms with Crippen molar-refractivity contribution in [1.29, 1.82) is 0 Å². The first-order chi connectivity index (χ1) is 15.9. The summed E-state index contributed by atoms with van der Waals surface area (Å²) >= 11 is 0. The number of carbonyl (C=O) groups excluding carboxylic acids is 2. The number of halogens is 1. The first-order valence-electron chi connectivity index (χ1n) is 10.1. The molecule has 9 nitrogen and oxygen atoms in total. The number of hydrogen-bond acceptors (Lipinski definition) is 6. The molecule has 2 N–H and O–H groups in total. The largest absolute Gasteiger partial charge is 0.493 e. The summed E-state index contributed by atoms with van der Waals surface area (Å²) in [5.74, 6) is 0.413. The van der Waals surface area contributed by atoms with Crippen LogP contribution >= 0.6 is 0 Å². The van der Waals surface area contributed by atoms with E-state index in [2.05, 4.69) is 15.7 Å². The number of ether oxygens (including phenoxy) is 3. The van der Waals surface area contributed by atoms with E-state index in [0.29, 0.717) is 34.3 Å². The molecule has 0 saturated heterocycles. The van der Waals surface area contributed by atoms with Crippen LogP contribution in [0.2, 0.25) is 0 Å². The van der Waals surface area contributed by atoms with Crippen molar-refractivity contribution in [2.75, 3.05) is 32.0 Å². The molecular weight excluding hydrogens is 431 g/mol. The van der Waals surface area contributed by atoms with E-state index in [-0.39, 0.29) is 18.9 Å². The van der Waals surface area contributed by atoms with Gasteiger partial charge in [0.25, 0.3) is 5.91 Å². The number of hydrogen-bond donors (Lipinski definition) is 2. The lowest BCUT2D eigenvalue weighted by atomic mass is 10.0. The fourth-order valence-electron chi connectivity index (χ4n) is 3.77. The number of benzene rings is 2. The molecule has 0 radical (unpaired) electrons. The lowest BCUT2D eigenvalue weighted by molar-refractivity contribution is -0.123. The third-order valence-electron chi connectivity index (χ3n) is 5.28. The van der Waals surface area contributed by atoms with Crippen LogP contribution in [0.3, 0.4) is 0 Å². The van der Waals surface area contributed by atoms with Gasteiger partial charge in [0.2, 0.25) is 5.91 Å². The maximum atomic E-state index is 13.1. The predicted octanol–water partition coefficient (Wildman–Crippen LogP) is 3.37. The van der Waals surface area contributed by atoms with Crippen molar-refractivity contribution in [2.45, 2.75) is 19.1 Å². The molecule has 1 atom stereocenters. The Morgan fingerprint density at radius 3 is 2.52 bits per heavy atom. The Balaban J connectivity index is 1.65. The van der Waals surface area contributed by atoms with E-state index in [1.165, 1.54) is 36.1 Å². The second-order valence-corrected chi connectivity index (χ2v) is 7.38. The second-order valence-electron chi connectivity index (χ2n) is 7.38. The maximum absolute atomic E-state index is 13.1. The average Bonchev–Trinajstić information content (AvgIpc) is 3.30. The van der Waals surface area contributed by atoms with Gasteiger partial charge in [-0.1, -0.05) is 6.07 Å². The van der Waals surface area contributed by atoms with Gasteiger partial charge in [-0.15, -0.1) is 0 Å². The highest BCUT2D eigenvalue weighted by Gasteiger charge is 2.37. The SMILES string of the molecule is COCc1nn2c(c1-c1ccc(OC)c(OC)c1)NC(=O)C2CC(=O)Nc1ccc(F)cc1. The van der Waals surface area contributed by atoms with Gasteiger partial charge >= 0.3 is 0 Å². The molecule has 4 rings (SSSR count). The highest BCUT2D eigenvalue weighted by atomic mass is 19.1. The van der Waals surface area contributed by atoms with E-state index in [0.717, 1.165) is 5.56 Å². The number of nitrogens with one attached hydrogen (secondary N) is 2. The average molecular weight is 454 g/mol. The van der Waals surface area contributed by atoms with Crippen LogP contribution < -0.4 is 20.1 Å². The molecule has 3 aromatic rings. The van der Waals surface area contributed by atoms with Crippen LogP contribution in [-0.4, -0.2) is 42.9 Å². The van der Waals surface area contributed by atoms with Crippen molar-refractivity contribution in [3.8, 4) is 22.6 Å². The van der Waals surface area contributed by atoms with Gasteiger partial charge in [-0.25, -0.2) is 9.07 Å². The Bertz CT molecular complexity index is 1190. The molecule has 2 aromatic carbocycles. The van der Waals surface area contributed by atoms with E-state index in [4.69, 9.17) is 14.2 Å². The fraction of sp³-hybridized carbons (Fsp3) is 0.261. The lowest BCUT2D eigenvalue weighted by Gasteiger charge is -2.11. The molecule has 0 bridgehead atoms. The monoisotopic (exact) mass is 454 g/mol. The fourth-order valence-corrected chi connectivity index (χ4v) is 3.77. The highest BCUT2D eigenvalue weighted by Crippen LogP contribution is 2.41. The van der Waals surface area contributed by atoms with Gasteiger partial charge < -0.3 is 24.8 Å². The molecule has 0 spiro atoms. The minimum atomic E-state index is -0.843. The number of fused-ring (bicyclic) bond motifs is 1. The normalized spacial score (nSPS) is 14.5. The van der Waals surface area contributed by atoms with Crippen LogP contribution in [0.5, 0.6) is 11.5 Å². The Kier molecular flexibility index (Phi) is 6.27. The summed E-state index contributed by atoms with van der Waals surface area (Å²) in [5, 5.41) is 10.1. The molecule has 2 amide bonds. The van der Waals surface area contributed by atoms with Crippen LogP contribution in [-0.2, 0) is 20.9 Å². The number of rotatable bonds is 8. The number of anilines is 2. The van der Waals surface area contributed by atoms with E-state index in [9.17, 15) is 14.0 Å². The van der Waals surface area contributed by atoms with Crippen LogP contribution in [0.1, 0.15) is 18.2 Å². The number of carbonyl (C=O) groups is 2. The summed E-state index contributed by atoms with van der Waals surface area (Å²) in [6.07, 6.45) is -0.143. The quantitative estimate of drug-likeness (QED) is 0.541. The van der Waals surface area contributed by atoms with Gasteiger partial charge in [0, 0.05) is 12.8 Å². The molecule has 1 unspecified atom stereocenters. The van der Waals surface area contributed by atoms with Crippen LogP contribution in [0.4, 0.5) is 15.9 Å². The second kappa shape index (κ2) is 9.29. The predicted molar refractivity (Wildman–Crippen MR) is 119 cm³/mol. The lowest BCUT2D eigenvalue weighted by Crippen LogP contribution is -2.24. The zero-order valence-corrected chi connectivity index (χ0v) is 18.3. The molecule has 0 aliphatic carbocycles. The number of aromatic nitrogens is 2. The Morgan fingerprint density at radius 1 is 1.12 bits per heavy atom. The molecule has 172 valence electrons. The molecule has 0 saturated carbocycles. The molecule has 33 heavy (non-hydrogen) atoms. The summed E-state index contributed by atoms with van der Waals surface area (Å²) in [7, 11) is 4.64. The van der Waals surface area contributed by atoms with E-state index in [1.54, 1.807) is 26.4 Å². The van der Waals surface area contributed by atoms with Crippen LogP contribution in [0, 0.1) is 5.82 Å². The third kappa shape index (κ3) is 4.37. The van der Waals surface area contributed by atoms with E-state index < -0.39 is 17.8 Å². The summed E-state index contributed by atoms with van der Waals surface area (Å²) in [6, 6.07) is 9.94. The highest BCUT2D eigenvalue weighted by molar-refractivity contribution is 6.04.